The highest BCUT2D eigenvalue weighted by atomic mass is 19.1. The van der Waals surface area contributed by atoms with Crippen LogP contribution in [0.4, 0.5) is 8.78 Å². The summed E-state index contributed by atoms with van der Waals surface area (Å²) in [6, 6.07) is 2.25. The number of rotatable bonds is 6. The van der Waals surface area contributed by atoms with E-state index in [2.05, 4.69) is 5.32 Å². The lowest BCUT2D eigenvalue weighted by Gasteiger charge is -2.20. The molecule has 0 aliphatic rings. The lowest BCUT2D eigenvalue weighted by atomic mass is 9.97. The zero-order valence-corrected chi connectivity index (χ0v) is 12.2. The van der Waals surface area contributed by atoms with Gasteiger partial charge < -0.3 is 10.4 Å². The van der Waals surface area contributed by atoms with Crippen molar-refractivity contribution in [3.8, 4) is 0 Å². The number of hydrogen-bond donors (Lipinski definition) is 2. The van der Waals surface area contributed by atoms with Crippen molar-refractivity contribution in [3.63, 3.8) is 0 Å². The van der Waals surface area contributed by atoms with Gasteiger partial charge in [-0.05, 0) is 31.4 Å². The van der Waals surface area contributed by atoms with Gasteiger partial charge in [-0.25, -0.2) is 13.6 Å². The van der Waals surface area contributed by atoms with E-state index in [1.54, 1.807) is 0 Å². The van der Waals surface area contributed by atoms with Crippen LogP contribution in [0.25, 0.3) is 0 Å². The molecule has 0 radical (unpaired) electrons. The smallest absolute Gasteiger partial charge is 0.326 e. The normalized spacial score (nSPS) is 13.8. The summed E-state index contributed by atoms with van der Waals surface area (Å²) in [4.78, 5) is 23.1. The Hall–Kier alpha value is -1.98. The van der Waals surface area contributed by atoms with Crippen LogP contribution in [-0.4, -0.2) is 23.0 Å². The molecule has 0 heterocycles. The Bertz CT molecular complexity index is 511. The molecular formula is C15H19F2NO3. The Kier molecular flexibility index (Phi) is 5.81. The van der Waals surface area contributed by atoms with Gasteiger partial charge in [0, 0.05) is 5.56 Å². The number of nitrogens with one attached hydrogen (secondary N) is 1. The van der Waals surface area contributed by atoms with Crippen molar-refractivity contribution in [3.05, 3.63) is 35.4 Å². The van der Waals surface area contributed by atoms with Crippen LogP contribution in [0.15, 0.2) is 18.2 Å². The number of aliphatic carboxylic acids is 1. The number of carboxylic acid groups (broad SMARTS) is 1. The summed E-state index contributed by atoms with van der Waals surface area (Å²) in [6.45, 7) is 4.98. The van der Waals surface area contributed by atoms with Gasteiger partial charge in [0.15, 0.2) is 0 Å². The largest absolute Gasteiger partial charge is 0.480 e. The summed E-state index contributed by atoms with van der Waals surface area (Å²) in [5.41, 5.74) is -0.358. The summed E-state index contributed by atoms with van der Waals surface area (Å²) < 4.78 is 27.3. The molecule has 0 saturated heterocycles. The molecule has 0 saturated carbocycles. The van der Waals surface area contributed by atoms with Crippen molar-refractivity contribution >= 4 is 11.9 Å². The fraction of sp³-hybridized carbons (Fsp3) is 0.467. The second kappa shape index (κ2) is 7.15. The van der Waals surface area contributed by atoms with Gasteiger partial charge in [-0.2, -0.15) is 0 Å². The van der Waals surface area contributed by atoms with Gasteiger partial charge in [0.05, 0.1) is 5.92 Å². The number of halogens is 2. The molecule has 0 aromatic heterocycles. The summed E-state index contributed by atoms with van der Waals surface area (Å²) >= 11 is 0. The van der Waals surface area contributed by atoms with Crippen LogP contribution in [0.2, 0.25) is 0 Å². The molecule has 1 rings (SSSR count). The summed E-state index contributed by atoms with van der Waals surface area (Å²) in [5.74, 6) is -4.58. The van der Waals surface area contributed by atoms with E-state index in [0.29, 0.717) is 0 Å². The maximum atomic E-state index is 13.6. The van der Waals surface area contributed by atoms with Crippen LogP contribution in [0.1, 0.15) is 38.7 Å². The highest BCUT2D eigenvalue weighted by Crippen LogP contribution is 2.22. The van der Waals surface area contributed by atoms with Crippen molar-refractivity contribution in [2.24, 2.45) is 5.92 Å². The zero-order chi connectivity index (χ0) is 16.2. The first-order valence-electron chi connectivity index (χ1n) is 6.71. The summed E-state index contributed by atoms with van der Waals surface area (Å²) in [5, 5.41) is 11.4. The number of benzene rings is 1. The number of carboxylic acids is 1. The average Bonchev–Trinajstić information content (AvgIpc) is 2.36. The second-order valence-corrected chi connectivity index (χ2v) is 5.39. The Morgan fingerprint density at radius 3 is 2.14 bits per heavy atom. The van der Waals surface area contributed by atoms with E-state index in [9.17, 15) is 18.4 Å². The Balaban J connectivity index is 2.89. The van der Waals surface area contributed by atoms with E-state index in [1.807, 2.05) is 13.8 Å². The van der Waals surface area contributed by atoms with E-state index in [4.69, 9.17) is 5.11 Å². The Morgan fingerprint density at radius 2 is 1.71 bits per heavy atom. The molecule has 1 aromatic rings. The van der Waals surface area contributed by atoms with Crippen LogP contribution in [0.3, 0.4) is 0 Å². The van der Waals surface area contributed by atoms with Gasteiger partial charge >= 0.3 is 5.97 Å². The van der Waals surface area contributed by atoms with Gasteiger partial charge in [-0.15, -0.1) is 0 Å². The molecule has 116 valence electrons. The molecule has 21 heavy (non-hydrogen) atoms. The van der Waals surface area contributed by atoms with Gasteiger partial charge in [0.2, 0.25) is 5.91 Å². The third-order valence-electron chi connectivity index (χ3n) is 3.15. The summed E-state index contributed by atoms with van der Waals surface area (Å²) in [7, 11) is 0. The Morgan fingerprint density at radius 1 is 1.19 bits per heavy atom. The van der Waals surface area contributed by atoms with Crippen molar-refractivity contribution in [2.75, 3.05) is 0 Å². The molecule has 6 heteroatoms. The van der Waals surface area contributed by atoms with Crippen molar-refractivity contribution in [1.82, 2.24) is 5.32 Å². The highest BCUT2D eigenvalue weighted by molar-refractivity contribution is 5.87. The molecule has 4 nitrogen and oxygen atoms in total. The molecule has 2 atom stereocenters. The SMILES string of the molecule is CC(C)CC(NC(=O)C(C)c1c(F)cccc1F)C(=O)O. The van der Waals surface area contributed by atoms with E-state index in [1.165, 1.54) is 13.0 Å². The number of amides is 1. The van der Waals surface area contributed by atoms with Gasteiger partial charge in [0.25, 0.3) is 0 Å². The molecule has 0 bridgehead atoms. The van der Waals surface area contributed by atoms with Crippen LogP contribution < -0.4 is 5.32 Å². The first-order chi connectivity index (χ1) is 9.73. The molecule has 0 fully saturated rings. The molecule has 2 N–H and O–H groups in total. The van der Waals surface area contributed by atoms with Crippen LogP contribution in [0, 0.1) is 17.6 Å². The maximum absolute atomic E-state index is 13.6. The topological polar surface area (TPSA) is 66.4 Å². The Labute approximate surface area is 122 Å². The van der Waals surface area contributed by atoms with E-state index >= 15 is 0 Å². The quantitative estimate of drug-likeness (QED) is 0.848. The van der Waals surface area contributed by atoms with Crippen molar-refractivity contribution in [2.45, 2.75) is 39.2 Å². The molecule has 2 unspecified atom stereocenters. The lowest BCUT2D eigenvalue weighted by molar-refractivity contribution is -0.142. The fourth-order valence-corrected chi connectivity index (χ4v) is 2.05. The number of carbonyl (C=O) groups is 2. The minimum atomic E-state index is -1.17. The monoisotopic (exact) mass is 299 g/mol. The van der Waals surface area contributed by atoms with Gasteiger partial charge in [-0.3, -0.25) is 4.79 Å². The molecule has 1 amide bonds. The lowest BCUT2D eigenvalue weighted by Crippen LogP contribution is -2.43. The van der Waals surface area contributed by atoms with Crippen molar-refractivity contribution < 1.29 is 23.5 Å². The van der Waals surface area contributed by atoms with Gasteiger partial charge in [0.1, 0.15) is 17.7 Å². The maximum Gasteiger partial charge on any atom is 0.326 e. The predicted molar refractivity (Wildman–Crippen MR) is 73.8 cm³/mol. The van der Waals surface area contributed by atoms with E-state index < -0.39 is 35.5 Å². The van der Waals surface area contributed by atoms with E-state index in [-0.39, 0.29) is 17.9 Å². The van der Waals surface area contributed by atoms with Crippen molar-refractivity contribution in [1.29, 1.82) is 0 Å². The predicted octanol–water partition coefficient (Wildman–Crippen LogP) is 2.68. The number of hydrogen-bond acceptors (Lipinski definition) is 2. The first-order valence-corrected chi connectivity index (χ1v) is 6.71. The van der Waals surface area contributed by atoms with Crippen LogP contribution in [-0.2, 0) is 9.59 Å². The summed E-state index contributed by atoms with van der Waals surface area (Å²) in [6.07, 6.45) is 0.244. The van der Waals surface area contributed by atoms with E-state index in [0.717, 1.165) is 12.1 Å². The zero-order valence-electron chi connectivity index (χ0n) is 12.2. The fourth-order valence-electron chi connectivity index (χ4n) is 2.05. The molecule has 1 aromatic carbocycles. The third-order valence-corrected chi connectivity index (χ3v) is 3.15. The van der Waals surface area contributed by atoms with Crippen LogP contribution in [0.5, 0.6) is 0 Å². The molecule has 0 spiro atoms. The number of carbonyl (C=O) groups excluding carboxylic acids is 1. The second-order valence-electron chi connectivity index (χ2n) is 5.39. The minimum absolute atomic E-state index is 0.0619. The molecule has 0 aliphatic carbocycles. The van der Waals surface area contributed by atoms with Crippen LogP contribution >= 0.6 is 0 Å². The first kappa shape index (κ1) is 17.1. The minimum Gasteiger partial charge on any atom is -0.480 e. The molecule has 0 aliphatic heterocycles. The third kappa shape index (κ3) is 4.51. The average molecular weight is 299 g/mol. The van der Waals surface area contributed by atoms with Gasteiger partial charge in [-0.1, -0.05) is 19.9 Å². The highest BCUT2D eigenvalue weighted by Gasteiger charge is 2.27. The molecular weight excluding hydrogens is 280 g/mol. The standard InChI is InChI=1S/C15H19F2NO3/c1-8(2)7-12(15(20)21)18-14(19)9(3)13-10(16)5-4-6-11(13)17/h4-6,8-9,12H,7H2,1-3H3,(H,18,19)(H,20,21).